The maximum atomic E-state index is 12.5. The molecular formula is C22H27N3O2. The van der Waals surface area contributed by atoms with Gasteiger partial charge in [0.2, 0.25) is 5.91 Å². The van der Waals surface area contributed by atoms with Crippen LogP contribution in [-0.4, -0.2) is 29.3 Å². The number of carbonyl (C=O) groups is 2. The van der Waals surface area contributed by atoms with Crippen molar-refractivity contribution >= 4 is 11.8 Å². The molecule has 0 saturated carbocycles. The van der Waals surface area contributed by atoms with Crippen molar-refractivity contribution in [3.63, 3.8) is 0 Å². The summed E-state index contributed by atoms with van der Waals surface area (Å²) in [7, 11) is 0. The fourth-order valence-electron chi connectivity index (χ4n) is 3.59. The van der Waals surface area contributed by atoms with Gasteiger partial charge in [-0.2, -0.15) is 0 Å². The molecule has 0 spiro atoms. The van der Waals surface area contributed by atoms with Crippen LogP contribution in [0.15, 0.2) is 48.5 Å². The third-order valence-electron chi connectivity index (χ3n) is 5.28. The first kappa shape index (κ1) is 19.1. The number of rotatable bonds is 6. The lowest BCUT2D eigenvalue weighted by molar-refractivity contribution is 0.0950. The molecule has 0 unspecified atom stereocenters. The van der Waals surface area contributed by atoms with E-state index in [9.17, 15) is 9.59 Å². The number of nitrogens with one attached hydrogen (secondary N) is 1. The summed E-state index contributed by atoms with van der Waals surface area (Å²) in [6.45, 7) is 4.78. The standard InChI is InChI=1S/C22H27N3O2/c1-16-7-4-5-12-25(16)15-20-9-3-2-8-19(20)14-24-22(27)18-11-6-10-17(13-18)21(23)26/h2-3,6,8-11,13,16H,4-5,7,12,14-15H2,1H3,(H2,23,26)(H,24,27)/t16-/m0/s1. The minimum Gasteiger partial charge on any atom is -0.366 e. The van der Waals surface area contributed by atoms with E-state index in [1.807, 2.05) is 12.1 Å². The van der Waals surface area contributed by atoms with E-state index in [4.69, 9.17) is 5.73 Å². The van der Waals surface area contributed by atoms with Crippen molar-refractivity contribution in [3.05, 3.63) is 70.8 Å². The molecule has 0 bridgehead atoms. The van der Waals surface area contributed by atoms with Crippen molar-refractivity contribution in [3.8, 4) is 0 Å². The van der Waals surface area contributed by atoms with Crippen LogP contribution in [-0.2, 0) is 13.1 Å². The molecule has 27 heavy (non-hydrogen) atoms. The molecule has 0 radical (unpaired) electrons. The highest BCUT2D eigenvalue weighted by Gasteiger charge is 2.19. The van der Waals surface area contributed by atoms with Gasteiger partial charge in [0.05, 0.1) is 0 Å². The zero-order chi connectivity index (χ0) is 19.2. The van der Waals surface area contributed by atoms with Gasteiger partial charge >= 0.3 is 0 Å². The first-order chi connectivity index (χ1) is 13.0. The van der Waals surface area contributed by atoms with Crippen LogP contribution >= 0.6 is 0 Å². The Hall–Kier alpha value is -2.66. The normalized spacial score (nSPS) is 17.4. The van der Waals surface area contributed by atoms with Gasteiger partial charge in [0.25, 0.3) is 5.91 Å². The first-order valence-corrected chi connectivity index (χ1v) is 9.53. The molecule has 0 aliphatic carbocycles. The Morgan fingerprint density at radius 1 is 1.07 bits per heavy atom. The minimum absolute atomic E-state index is 0.209. The highest BCUT2D eigenvalue weighted by atomic mass is 16.2. The van der Waals surface area contributed by atoms with Gasteiger partial charge in [-0.25, -0.2) is 0 Å². The topological polar surface area (TPSA) is 75.4 Å². The summed E-state index contributed by atoms with van der Waals surface area (Å²) in [6.07, 6.45) is 3.80. The third-order valence-corrected chi connectivity index (χ3v) is 5.28. The number of hydrogen-bond donors (Lipinski definition) is 2. The monoisotopic (exact) mass is 365 g/mol. The smallest absolute Gasteiger partial charge is 0.251 e. The molecule has 2 amide bonds. The van der Waals surface area contributed by atoms with Crippen LogP contribution in [0.2, 0.25) is 0 Å². The number of primary amides is 1. The van der Waals surface area contributed by atoms with E-state index >= 15 is 0 Å². The Kier molecular flexibility index (Phi) is 6.24. The van der Waals surface area contributed by atoms with Crippen molar-refractivity contribution in [2.75, 3.05) is 6.54 Å². The van der Waals surface area contributed by atoms with Crippen LogP contribution in [0.1, 0.15) is 58.0 Å². The van der Waals surface area contributed by atoms with Gasteiger partial charge in [-0.05, 0) is 55.6 Å². The summed E-state index contributed by atoms with van der Waals surface area (Å²) in [5, 5.41) is 2.96. The van der Waals surface area contributed by atoms with Crippen molar-refractivity contribution in [2.24, 2.45) is 5.73 Å². The Labute approximate surface area is 160 Å². The molecule has 0 aromatic heterocycles. The summed E-state index contributed by atoms with van der Waals surface area (Å²) in [5.41, 5.74) is 8.43. The molecule has 5 heteroatoms. The second-order valence-corrected chi connectivity index (χ2v) is 7.21. The average Bonchev–Trinajstić information content (AvgIpc) is 2.69. The molecule has 1 fully saturated rings. The fourth-order valence-corrected chi connectivity index (χ4v) is 3.59. The first-order valence-electron chi connectivity index (χ1n) is 9.53. The van der Waals surface area contributed by atoms with E-state index in [1.165, 1.54) is 30.9 Å². The number of likely N-dealkylation sites (tertiary alicyclic amines) is 1. The van der Waals surface area contributed by atoms with Gasteiger partial charge in [0.1, 0.15) is 0 Å². The van der Waals surface area contributed by atoms with E-state index in [-0.39, 0.29) is 5.91 Å². The highest BCUT2D eigenvalue weighted by Crippen LogP contribution is 2.21. The van der Waals surface area contributed by atoms with Gasteiger partial charge in [0, 0.05) is 30.3 Å². The number of nitrogens with zero attached hydrogens (tertiary/aromatic N) is 1. The number of amides is 2. The zero-order valence-corrected chi connectivity index (χ0v) is 15.8. The van der Waals surface area contributed by atoms with E-state index in [2.05, 4.69) is 29.3 Å². The molecule has 5 nitrogen and oxygen atoms in total. The fraction of sp³-hybridized carbons (Fsp3) is 0.364. The summed E-state index contributed by atoms with van der Waals surface area (Å²) < 4.78 is 0. The van der Waals surface area contributed by atoms with Gasteiger partial charge in [-0.1, -0.05) is 36.8 Å². The van der Waals surface area contributed by atoms with Crippen molar-refractivity contribution in [1.29, 1.82) is 0 Å². The Balaban J connectivity index is 1.66. The molecule has 3 N–H and O–H groups in total. The van der Waals surface area contributed by atoms with E-state index < -0.39 is 5.91 Å². The van der Waals surface area contributed by atoms with Crippen molar-refractivity contribution in [2.45, 2.75) is 45.3 Å². The van der Waals surface area contributed by atoms with Gasteiger partial charge < -0.3 is 11.1 Å². The summed E-state index contributed by atoms with van der Waals surface area (Å²) in [5.74, 6) is -0.745. The molecule has 2 aromatic carbocycles. The van der Waals surface area contributed by atoms with Crippen LogP contribution in [0.3, 0.4) is 0 Å². The third kappa shape index (κ3) is 4.95. The quantitative estimate of drug-likeness (QED) is 0.826. The maximum Gasteiger partial charge on any atom is 0.251 e. The number of carbonyl (C=O) groups excluding carboxylic acids is 2. The molecule has 1 saturated heterocycles. The van der Waals surface area contributed by atoms with E-state index in [0.717, 1.165) is 18.7 Å². The van der Waals surface area contributed by atoms with Crippen LogP contribution in [0.5, 0.6) is 0 Å². The molecular weight excluding hydrogens is 338 g/mol. The Morgan fingerprint density at radius 2 is 1.81 bits per heavy atom. The van der Waals surface area contributed by atoms with Gasteiger partial charge in [0.15, 0.2) is 0 Å². The number of piperidine rings is 1. The summed E-state index contributed by atoms with van der Waals surface area (Å²) >= 11 is 0. The van der Waals surface area contributed by atoms with Crippen LogP contribution in [0.25, 0.3) is 0 Å². The van der Waals surface area contributed by atoms with Crippen molar-refractivity contribution in [1.82, 2.24) is 10.2 Å². The molecule has 3 rings (SSSR count). The summed E-state index contributed by atoms with van der Waals surface area (Å²) in [4.78, 5) is 26.3. The number of hydrogen-bond acceptors (Lipinski definition) is 3. The summed E-state index contributed by atoms with van der Waals surface area (Å²) in [6, 6.07) is 15.3. The predicted molar refractivity (Wildman–Crippen MR) is 106 cm³/mol. The van der Waals surface area contributed by atoms with Crippen LogP contribution < -0.4 is 11.1 Å². The number of nitrogens with two attached hydrogens (primary N) is 1. The minimum atomic E-state index is -0.536. The maximum absolute atomic E-state index is 12.5. The molecule has 2 aromatic rings. The second-order valence-electron chi connectivity index (χ2n) is 7.21. The van der Waals surface area contributed by atoms with Crippen molar-refractivity contribution < 1.29 is 9.59 Å². The van der Waals surface area contributed by atoms with E-state index in [0.29, 0.717) is 23.7 Å². The zero-order valence-electron chi connectivity index (χ0n) is 15.8. The highest BCUT2D eigenvalue weighted by molar-refractivity contribution is 5.99. The Bertz CT molecular complexity index is 819. The lowest BCUT2D eigenvalue weighted by Gasteiger charge is -2.33. The van der Waals surface area contributed by atoms with Gasteiger partial charge in [-0.15, -0.1) is 0 Å². The lowest BCUT2D eigenvalue weighted by atomic mass is 10.0. The second kappa shape index (κ2) is 8.82. The van der Waals surface area contributed by atoms with E-state index in [1.54, 1.807) is 18.2 Å². The van der Waals surface area contributed by atoms with Crippen LogP contribution in [0.4, 0.5) is 0 Å². The van der Waals surface area contributed by atoms with Gasteiger partial charge in [-0.3, -0.25) is 14.5 Å². The largest absolute Gasteiger partial charge is 0.366 e. The molecule has 1 atom stereocenters. The predicted octanol–water partition coefficient (Wildman–Crippen LogP) is 3.09. The molecule has 1 aliphatic heterocycles. The average molecular weight is 365 g/mol. The molecule has 142 valence electrons. The Morgan fingerprint density at radius 3 is 2.56 bits per heavy atom. The van der Waals surface area contributed by atoms with Crippen LogP contribution in [0, 0.1) is 0 Å². The number of benzene rings is 2. The molecule has 1 aliphatic rings. The SMILES string of the molecule is C[C@H]1CCCCN1Cc1ccccc1CNC(=O)c1cccc(C(N)=O)c1. The lowest BCUT2D eigenvalue weighted by Crippen LogP contribution is -2.37. The molecule has 1 heterocycles.